The maximum Gasteiger partial charge on any atom is 0.318 e. The number of rotatable bonds is 9. The Bertz CT molecular complexity index is 515. The Morgan fingerprint density at radius 1 is 1.45 bits per heavy atom. The number of nitrogens with two attached hydrogens (primary N) is 1. The van der Waals surface area contributed by atoms with Gasteiger partial charge in [-0.2, -0.15) is 0 Å². The second-order valence-electron chi connectivity index (χ2n) is 5.68. The highest BCUT2D eigenvalue weighted by Gasteiger charge is 2.43. The highest BCUT2D eigenvalue weighted by Crippen LogP contribution is 2.38. The van der Waals surface area contributed by atoms with Crippen LogP contribution < -0.4 is 10.8 Å². The monoisotopic (exact) mass is 327 g/mol. The van der Waals surface area contributed by atoms with Gasteiger partial charge in [0.25, 0.3) is 0 Å². The van der Waals surface area contributed by atoms with E-state index in [-0.39, 0.29) is 19.4 Å². The van der Waals surface area contributed by atoms with Gasteiger partial charge < -0.3 is 20.4 Å². The summed E-state index contributed by atoms with van der Waals surface area (Å²) in [5, 5.41) is 13.0. The molecular weight excluding hydrogens is 304 g/mol. The van der Waals surface area contributed by atoms with E-state index in [9.17, 15) is 14.7 Å². The van der Waals surface area contributed by atoms with Crippen LogP contribution in [-0.2, 0) is 19.7 Å². The fraction of sp³-hybridized carbons (Fsp3) is 0.667. The first-order valence-corrected chi connectivity index (χ1v) is 8.28. The van der Waals surface area contributed by atoms with Crippen molar-refractivity contribution in [3.8, 4) is 0 Å². The summed E-state index contributed by atoms with van der Waals surface area (Å²) in [6.45, 7) is 6.04. The van der Waals surface area contributed by atoms with Crippen LogP contribution in [0.2, 0.25) is 0 Å². The molecule has 1 aromatic rings. The molecule has 0 aliphatic rings. The van der Waals surface area contributed by atoms with E-state index in [1.54, 1.807) is 12.3 Å². The number of anilines is 1. The van der Waals surface area contributed by atoms with Gasteiger partial charge in [-0.25, -0.2) is 4.98 Å². The molecule has 0 fully saturated rings. The zero-order valence-corrected chi connectivity index (χ0v) is 14.1. The molecule has 1 atom stereocenters. The van der Waals surface area contributed by atoms with Crippen molar-refractivity contribution in [1.82, 2.24) is 4.98 Å². The molecule has 0 saturated carbocycles. The Kier molecular flexibility index (Phi) is 6.80. The van der Waals surface area contributed by atoms with Gasteiger partial charge in [-0.1, -0.05) is 13.8 Å². The van der Waals surface area contributed by atoms with Crippen molar-refractivity contribution in [1.29, 1.82) is 0 Å². The van der Waals surface area contributed by atoms with Crippen LogP contribution in [-0.4, -0.2) is 23.5 Å². The third-order valence-electron chi connectivity index (χ3n) is 3.58. The normalized spacial score (nSPS) is 13.8. The van der Waals surface area contributed by atoms with E-state index in [0.29, 0.717) is 23.2 Å². The molecule has 124 valence electrons. The van der Waals surface area contributed by atoms with Crippen LogP contribution in [0.3, 0.4) is 0 Å². The van der Waals surface area contributed by atoms with Crippen LogP contribution in [0.4, 0.5) is 5.13 Å². The standard InChI is InChI=1S/C15H24N2O4S/c1-4-21-13(20)15(7-5-10(2)3,8-6-12(18)19)11-9-22-14(16)17-11/h9-10H,4-8H2,1-3H3,(H2,16,17)(H,18,19)/p-1/t15-/m0/s1. The number of nitrogens with zero attached hydrogens (tertiary/aromatic N) is 1. The summed E-state index contributed by atoms with van der Waals surface area (Å²) >= 11 is 1.23. The minimum Gasteiger partial charge on any atom is -0.550 e. The van der Waals surface area contributed by atoms with Gasteiger partial charge in [0.15, 0.2) is 5.13 Å². The number of aromatic nitrogens is 1. The summed E-state index contributed by atoms with van der Waals surface area (Å²) < 4.78 is 5.21. The lowest BCUT2D eigenvalue weighted by Gasteiger charge is -2.31. The van der Waals surface area contributed by atoms with Gasteiger partial charge in [0, 0.05) is 11.3 Å². The van der Waals surface area contributed by atoms with Crippen LogP contribution in [0, 0.1) is 5.92 Å². The summed E-state index contributed by atoms with van der Waals surface area (Å²) in [5.74, 6) is -1.27. The number of hydrogen-bond acceptors (Lipinski definition) is 7. The number of carbonyl (C=O) groups excluding carboxylic acids is 2. The lowest BCUT2D eigenvalue weighted by molar-refractivity contribution is -0.306. The van der Waals surface area contributed by atoms with Gasteiger partial charge in [-0.05, 0) is 38.5 Å². The second kappa shape index (κ2) is 8.12. The number of carboxylic acids is 1. The maximum absolute atomic E-state index is 12.6. The minimum atomic E-state index is -1.19. The third-order valence-corrected chi connectivity index (χ3v) is 4.26. The number of hydrogen-bond donors (Lipinski definition) is 1. The molecule has 2 N–H and O–H groups in total. The van der Waals surface area contributed by atoms with Gasteiger partial charge in [0.05, 0.1) is 12.3 Å². The Balaban J connectivity index is 3.20. The molecule has 1 rings (SSSR count). The van der Waals surface area contributed by atoms with Crippen LogP contribution in [0.25, 0.3) is 0 Å². The van der Waals surface area contributed by atoms with E-state index in [1.807, 2.05) is 13.8 Å². The van der Waals surface area contributed by atoms with Crippen molar-refractivity contribution in [2.75, 3.05) is 12.3 Å². The average molecular weight is 327 g/mol. The van der Waals surface area contributed by atoms with E-state index in [0.717, 1.165) is 6.42 Å². The number of esters is 1. The number of thiazole rings is 1. The average Bonchev–Trinajstić information content (AvgIpc) is 2.86. The predicted molar refractivity (Wildman–Crippen MR) is 83.2 cm³/mol. The van der Waals surface area contributed by atoms with Crippen molar-refractivity contribution in [3.63, 3.8) is 0 Å². The molecule has 0 aliphatic heterocycles. The molecule has 0 aromatic carbocycles. The highest BCUT2D eigenvalue weighted by molar-refractivity contribution is 7.13. The molecule has 1 heterocycles. The number of nitrogen functional groups attached to an aromatic ring is 1. The molecule has 7 heteroatoms. The summed E-state index contributed by atoms with van der Waals surface area (Å²) in [4.78, 5) is 27.7. The van der Waals surface area contributed by atoms with Gasteiger partial charge in [0.2, 0.25) is 0 Å². The number of ether oxygens (including phenoxy) is 1. The first-order chi connectivity index (χ1) is 10.3. The summed E-state index contributed by atoms with van der Waals surface area (Å²) in [6, 6.07) is 0. The van der Waals surface area contributed by atoms with Crippen LogP contribution in [0.1, 0.15) is 52.1 Å². The van der Waals surface area contributed by atoms with E-state index in [4.69, 9.17) is 10.5 Å². The molecular formula is C15H23N2O4S-. The molecule has 0 aliphatic carbocycles. The quantitative estimate of drug-likeness (QED) is 0.689. The first kappa shape index (κ1) is 18.4. The molecule has 0 amide bonds. The minimum absolute atomic E-state index is 0.101. The molecule has 0 radical (unpaired) electrons. The van der Waals surface area contributed by atoms with Gasteiger partial charge in [0.1, 0.15) is 5.41 Å². The zero-order chi connectivity index (χ0) is 16.8. The van der Waals surface area contributed by atoms with Crippen molar-refractivity contribution in [2.45, 2.75) is 51.9 Å². The van der Waals surface area contributed by atoms with E-state index in [1.165, 1.54) is 11.3 Å². The fourth-order valence-electron chi connectivity index (χ4n) is 2.32. The van der Waals surface area contributed by atoms with Gasteiger partial charge in [-0.3, -0.25) is 4.79 Å². The van der Waals surface area contributed by atoms with Crippen molar-refractivity contribution >= 4 is 28.4 Å². The van der Waals surface area contributed by atoms with E-state index < -0.39 is 17.4 Å². The van der Waals surface area contributed by atoms with E-state index in [2.05, 4.69) is 4.98 Å². The number of carboxylic acid groups (broad SMARTS) is 1. The molecule has 1 aromatic heterocycles. The Labute approximate surface area is 134 Å². The Hall–Kier alpha value is -1.63. The fourth-order valence-corrected chi connectivity index (χ4v) is 2.98. The maximum atomic E-state index is 12.6. The number of carbonyl (C=O) groups is 2. The second-order valence-corrected chi connectivity index (χ2v) is 6.57. The van der Waals surface area contributed by atoms with E-state index >= 15 is 0 Å². The predicted octanol–water partition coefficient (Wildman–Crippen LogP) is 1.49. The van der Waals surface area contributed by atoms with Gasteiger partial charge >= 0.3 is 5.97 Å². The van der Waals surface area contributed by atoms with Crippen LogP contribution in [0.15, 0.2) is 5.38 Å². The molecule has 6 nitrogen and oxygen atoms in total. The molecule has 0 spiro atoms. The largest absolute Gasteiger partial charge is 0.550 e. The molecule has 0 unspecified atom stereocenters. The van der Waals surface area contributed by atoms with Crippen molar-refractivity contribution in [2.24, 2.45) is 5.92 Å². The topological polar surface area (TPSA) is 105 Å². The SMILES string of the molecule is CCOC(=O)[C@](CCC(=O)[O-])(CCC(C)C)c1csc(N)n1. The molecule has 0 bridgehead atoms. The van der Waals surface area contributed by atoms with Crippen molar-refractivity contribution < 1.29 is 19.4 Å². The lowest BCUT2D eigenvalue weighted by atomic mass is 9.75. The third kappa shape index (κ3) is 4.69. The van der Waals surface area contributed by atoms with Crippen LogP contribution in [0.5, 0.6) is 0 Å². The van der Waals surface area contributed by atoms with Crippen LogP contribution >= 0.6 is 11.3 Å². The molecule has 22 heavy (non-hydrogen) atoms. The summed E-state index contributed by atoms with van der Waals surface area (Å²) in [5.41, 5.74) is 5.11. The zero-order valence-electron chi connectivity index (χ0n) is 13.3. The summed E-state index contributed by atoms with van der Waals surface area (Å²) in [6.07, 6.45) is 1.10. The smallest absolute Gasteiger partial charge is 0.318 e. The van der Waals surface area contributed by atoms with Crippen molar-refractivity contribution in [3.05, 3.63) is 11.1 Å². The lowest BCUT2D eigenvalue weighted by Crippen LogP contribution is -2.40. The summed E-state index contributed by atoms with van der Waals surface area (Å²) in [7, 11) is 0. The Morgan fingerprint density at radius 3 is 2.59 bits per heavy atom. The number of aliphatic carboxylic acids is 1. The molecule has 0 saturated heterocycles. The first-order valence-electron chi connectivity index (χ1n) is 7.40. The highest BCUT2D eigenvalue weighted by atomic mass is 32.1. The van der Waals surface area contributed by atoms with Gasteiger partial charge in [-0.15, -0.1) is 11.3 Å². The Morgan fingerprint density at radius 2 is 2.14 bits per heavy atom.